The van der Waals surface area contributed by atoms with Gasteiger partial charge in [0, 0.05) is 13.1 Å². The first-order valence-corrected chi connectivity index (χ1v) is 7.28. The zero-order chi connectivity index (χ0) is 16.4. The number of nitrogens with zero attached hydrogens (tertiary/aromatic N) is 3. The SMILES string of the molecule is CCOc1cc(N=c2sc(=O)n(C(F)F)n2C)c(F)cc1Cl. The van der Waals surface area contributed by atoms with Crippen LogP contribution in [0.15, 0.2) is 21.9 Å². The van der Waals surface area contributed by atoms with Gasteiger partial charge in [0.2, 0.25) is 4.80 Å². The van der Waals surface area contributed by atoms with Crippen molar-refractivity contribution in [1.29, 1.82) is 0 Å². The molecule has 2 rings (SSSR count). The van der Waals surface area contributed by atoms with E-state index in [4.69, 9.17) is 16.3 Å². The lowest BCUT2D eigenvalue weighted by Crippen LogP contribution is -2.25. The summed E-state index contributed by atoms with van der Waals surface area (Å²) in [5.41, 5.74) is -0.161. The van der Waals surface area contributed by atoms with Crippen molar-refractivity contribution in [2.24, 2.45) is 12.0 Å². The highest BCUT2D eigenvalue weighted by molar-refractivity contribution is 7.06. The van der Waals surface area contributed by atoms with Crippen molar-refractivity contribution < 1.29 is 17.9 Å². The maximum absolute atomic E-state index is 13.9. The fourth-order valence-electron chi connectivity index (χ4n) is 1.68. The first kappa shape index (κ1) is 16.6. The lowest BCUT2D eigenvalue weighted by molar-refractivity contribution is 0.0408. The summed E-state index contributed by atoms with van der Waals surface area (Å²) in [7, 11) is 1.24. The van der Waals surface area contributed by atoms with E-state index in [2.05, 4.69) is 4.99 Å². The quantitative estimate of drug-likeness (QED) is 0.848. The Morgan fingerprint density at radius 1 is 1.45 bits per heavy atom. The van der Waals surface area contributed by atoms with Gasteiger partial charge in [-0.25, -0.2) is 9.38 Å². The van der Waals surface area contributed by atoms with Gasteiger partial charge in [0.25, 0.3) is 0 Å². The summed E-state index contributed by atoms with van der Waals surface area (Å²) in [6.07, 6.45) is 0. The number of aromatic nitrogens is 2. The van der Waals surface area contributed by atoms with Crippen LogP contribution in [0.1, 0.15) is 13.5 Å². The lowest BCUT2D eigenvalue weighted by atomic mass is 10.3. The topological polar surface area (TPSA) is 48.5 Å². The van der Waals surface area contributed by atoms with Crippen LogP contribution in [0, 0.1) is 5.82 Å². The monoisotopic (exact) mass is 353 g/mol. The van der Waals surface area contributed by atoms with Crippen molar-refractivity contribution in [3.8, 4) is 5.75 Å². The summed E-state index contributed by atoms with van der Waals surface area (Å²) in [6.45, 7) is -0.967. The molecule has 0 radical (unpaired) electrons. The van der Waals surface area contributed by atoms with Gasteiger partial charge in [-0.2, -0.15) is 13.5 Å². The Kier molecular flexibility index (Phi) is 4.97. The first-order valence-electron chi connectivity index (χ1n) is 6.08. The highest BCUT2D eigenvalue weighted by Gasteiger charge is 2.15. The molecular formula is C12H11ClF3N3O2S. The minimum Gasteiger partial charge on any atom is -0.492 e. The van der Waals surface area contributed by atoms with Crippen molar-refractivity contribution in [2.75, 3.05) is 6.61 Å². The van der Waals surface area contributed by atoms with E-state index in [-0.39, 0.29) is 25.9 Å². The smallest absolute Gasteiger partial charge is 0.335 e. The van der Waals surface area contributed by atoms with Crippen LogP contribution in [0.5, 0.6) is 5.75 Å². The van der Waals surface area contributed by atoms with Crippen LogP contribution >= 0.6 is 22.9 Å². The fraction of sp³-hybridized carbons (Fsp3) is 0.333. The van der Waals surface area contributed by atoms with Crippen LogP contribution in [0.2, 0.25) is 5.02 Å². The highest BCUT2D eigenvalue weighted by atomic mass is 35.5. The number of ether oxygens (including phenoxy) is 1. The Hall–Kier alpha value is -1.74. The van der Waals surface area contributed by atoms with Crippen LogP contribution in [0.3, 0.4) is 0 Å². The molecule has 0 amide bonds. The second kappa shape index (κ2) is 6.57. The number of rotatable bonds is 4. The van der Waals surface area contributed by atoms with Gasteiger partial charge in [-0.15, -0.1) is 0 Å². The van der Waals surface area contributed by atoms with Crippen LogP contribution < -0.4 is 14.4 Å². The van der Waals surface area contributed by atoms with Gasteiger partial charge in [-0.05, 0) is 24.3 Å². The molecule has 0 aliphatic heterocycles. The highest BCUT2D eigenvalue weighted by Crippen LogP contribution is 2.31. The molecule has 0 aliphatic carbocycles. The molecule has 0 N–H and O–H groups in total. The predicted molar refractivity (Wildman–Crippen MR) is 76.6 cm³/mol. The molecule has 0 unspecified atom stereocenters. The molecule has 0 bridgehead atoms. The van der Waals surface area contributed by atoms with Crippen molar-refractivity contribution in [2.45, 2.75) is 13.5 Å². The Labute approximate surface area is 131 Å². The predicted octanol–water partition coefficient (Wildman–Crippen LogP) is 3.07. The number of hydrogen-bond acceptors (Lipinski definition) is 4. The largest absolute Gasteiger partial charge is 0.492 e. The van der Waals surface area contributed by atoms with Gasteiger partial charge in [0.05, 0.1) is 11.6 Å². The maximum Gasteiger partial charge on any atom is 0.335 e. The molecule has 0 aliphatic rings. The molecule has 22 heavy (non-hydrogen) atoms. The molecule has 1 aromatic heterocycles. The molecule has 10 heteroatoms. The minimum atomic E-state index is -3.01. The molecule has 120 valence electrons. The summed E-state index contributed by atoms with van der Waals surface area (Å²) < 4.78 is 45.7. The van der Waals surface area contributed by atoms with Crippen molar-refractivity contribution in [3.63, 3.8) is 0 Å². The summed E-state index contributed by atoms with van der Waals surface area (Å²) >= 11 is 6.30. The number of hydrogen-bond donors (Lipinski definition) is 0. The Balaban J connectivity index is 2.61. The average molecular weight is 354 g/mol. The molecule has 5 nitrogen and oxygen atoms in total. The summed E-state index contributed by atoms with van der Waals surface area (Å²) in [6, 6.07) is 2.26. The van der Waals surface area contributed by atoms with Crippen LogP contribution in [-0.2, 0) is 7.05 Å². The number of benzene rings is 1. The van der Waals surface area contributed by atoms with Crippen LogP contribution in [-0.4, -0.2) is 16.0 Å². The molecule has 0 spiro atoms. The van der Waals surface area contributed by atoms with E-state index in [9.17, 15) is 18.0 Å². The van der Waals surface area contributed by atoms with Crippen LogP contribution in [0.25, 0.3) is 0 Å². The van der Waals surface area contributed by atoms with E-state index >= 15 is 0 Å². The Morgan fingerprint density at radius 2 is 2.14 bits per heavy atom. The maximum atomic E-state index is 13.9. The van der Waals surface area contributed by atoms with E-state index < -0.39 is 17.2 Å². The first-order chi connectivity index (χ1) is 10.3. The third-order valence-electron chi connectivity index (χ3n) is 2.67. The van der Waals surface area contributed by atoms with E-state index in [1.807, 2.05) is 0 Å². The standard InChI is InChI=1S/C12H11ClF3N3O2S/c1-3-21-9-5-8(7(14)4-6(9)13)17-11-18(2)19(10(15)16)12(20)22-11/h4-5,10H,3H2,1-2H3. The molecule has 2 aromatic rings. The summed E-state index contributed by atoms with van der Waals surface area (Å²) in [4.78, 5) is 14.4. The van der Waals surface area contributed by atoms with Gasteiger partial charge in [-0.3, -0.25) is 9.48 Å². The zero-order valence-corrected chi connectivity index (χ0v) is 13.1. The van der Waals surface area contributed by atoms with E-state index in [1.54, 1.807) is 6.92 Å². The van der Waals surface area contributed by atoms with Crippen molar-refractivity contribution in [3.05, 3.63) is 37.4 Å². The Morgan fingerprint density at radius 3 is 2.68 bits per heavy atom. The number of halogens is 4. The molecule has 0 atom stereocenters. The molecule has 1 aromatic carbocycles. The third kappa shape index (κ3) is 3.20. The van der Waals surface area contributed by atoms with Crippen molar-refractivity contribution >= 4 is 28.6 Å². The average Bonchev–Trinajstić information content (AvgIpc) is 2.70. The fourth-order valence-corrected chi connectivity index (χ4v) is 2.71. The zero-order valence-electron chi connectivity index (χ0n) is 11.5. The molecule has 1 heterocycles. The lowest BCUT2D eigenvalue weighted by Gasteiger charge is -2.07. The van der Waals surface area contributed by atoms with Crippen LogP contribution in [0.4, 0.5) is 18.9 Å². The summed E-state index contributed by atoms with van der Waals surface area (Å²) in [5, 5.41) is 0.0704. The van der Waals surface area contributed by atoms with Gasteiger partial charge in [-0.1, -0.05) is 11.6 Å². The van der Waals surface area contributed by atoms with Gasteiger partial charge in [0.15, 0.2) is 5.82 Å². The van der Waals surface area contributed by atoms with Crippen molar-refractivity contribution in [1.82, 2.24) is 9.36 Å². The number of alkyl halides is 2. The van der Waals surface area contributed by atoms with E-state index in [0.29, 0.717) is 17.9 Å². The molecule has 0 fully saturated rings. The minimum absolute atomic E-state index is 0.0704. The van der Waals surface area contributed by atoms with E-state index in [1.165, 1.54) is 13.1 Å². The van der Waals surface area contributed by atoms with Gasteiger partial charge >= 0.3 is 11.4 Å². The molecular weight excluding hydrogens is 343 g/mol. The second-order valence-electron chi connectivity index (χ2n) is 4.08. The van der Waals surface area contributed by atoms with E-state index in [0.717, 1.165) is 10.7 Å². The molecule has 0 saturated heterocycles. The summed E-state index contributed by atoms with van der Waals surface area (Å²) in [5.74, 6) is -0.537. The normalized spacial score (nSPS) is 12.2. The third-order valence-corrected chi connectivity index (χ3v) is 3.86. The molecule has 0 saturated carbocycles. The van der Waals surface area contributed by atoms with Gasteiger partial charge < -0.3 is 4.74 Å². The second-order valence-corrected chi connectivity index (χ2v) is 5.40. The van der Waals surface area contributed by atoms with Gasteiger partial charge in [0.1, 0.15) is 11.4 Å². The Bertz CT molecular complexity index is 813.